The number of anilines is 1. The SMILES string of the molecule is CN(c1ccc(F)cc1/C(N)=N/O)C(C)(C)CO. The predicted octanol–water partition coefficient (Wildman–Crippen LogP) is 1.13. The van der Waals surface area contributed by atoms with E-state index in [-0.39, 0.29) is 18.0 Å². The number of benzene rings is 1. The molecule has 0 saturated heterocycles. The molecule has 0 aliphatic carbocycles. The topological polar surface area (TPSA) is 82.1 Å². The van der Waals surface area contributed by atoms with Crippen LogP contribution in [0.4, 0.5) is 10.1 Å². The molecule has 0 aromatic heterocycles. The van der Waals surface area contributed by atoms with Crippen LogP contribution in [0.5, 0.6) is 0 Å². The number of aliphatic hydroxyl groups is 1. The van der Waals surface area contributed by atoms with Crippen molar-refractivity contribution < 1.29 is 14.7 Å². The van der Waals surface area contributed by atoms with Gasteiger partial charge in [-0.1, -0.05) is 5.16 Å². The van der Waals surface area contributed by atoms with Gasteiger partial charge in [0.25, 0.3) is 0 Å². The summed E-state index contributed by atoms with van der Waals surface area (Å²) < 4.78 is 13.2. The molecule has 0 unspecified atom stereocenters. The Balaban J connectivity index is 3.32. The minimum atomic E-state index is -0.553. The molecule has 4 N–H and O–H groups in total. The predicted molar refractivity (Wildman–Crippen MR) is 68.5 cm³/mol. The van der Waals surface area contributed by atoms with Gasteiger partial charge in [-0.3, -0.25) is 0 Å². The van der Waals surface area contributed by atoms with Crippen LogP contribution in [0.15, 0.2) is 23.4 Å². The van der Waals surface area contributed by atoms with Gasteiger partial charge in [-0.2, -0.15) is 0 Å². The van der Waals surface area contributed by atoms with Crippen molar-refractivity contribution in [2.24, 2.45) is 10.9 Å². The van der Waals surface area contributed by atoms with Crippen LogP contribution in [0, 0.1) is 5.82 Å². The highest BCUT2D eigenvalue weighted by Gasteiger charge is 2.25. The molecule has 0 spiro atoms. The molecule has 0 heterocycles. The Bertz CT molecular complexity index is 461. The summed E-state index contributed by atoms with van der Waals surface area (Å²) in [5, 5.41) is 20.9. The van der Waals surface area contributed by atoms with Crippen LogP contribution in [0.2, 0.25) is 0 Å². The number of halogens is 1. The van der Waals surface area contributed by atoms with Crippen molar-refractivity contribution in [3.63, 3.8) is 0 Å². The van der Waals surface area contributed by atoms with Crippen molar-refractivity contribution in [2.45, 2.75) is 19.4 Å². The molecule has 1 aromatic carbocycles. The Morgan fingerprint density at radius 3 is 2.61 bits per heavy atom. The van der Waals surface area contributed by atoms with E-state index in [1.54, 1.807) is 11.9 Å². The van der Waals surface area contributed by atoms with Crippen LogP contribution >= 0.6 is 0 Å². The molecule has 100 valence electrons. The van der Waals surface area contributed by atoms with Gasteiger partial charge in [-0.25, -0.2) is 4.39 Å². The van der Waals surface area contributed by atoms with Crippen LogP contribution in [-0.4, -0.2) is 35.3 Å². The average molecular weight is 255 g/mol. The van der Waals surface area contributed by atoms with Gasteiger partial charge in [0.2, 0.25) is 0 Å². The second-order valence-electron chi connectivity index (χ2n) is 4.68. The molecule has 1 aromatic rings. The summed E-state index contributed by atoms with van der Waals surface area (Å²) in [6.07, 6.45) is 0. The average Bonchev–Trinajstić information content (AvgIpc) is 2.36. The molecule has 0 saturated carbocycles. The lowest BCUT2D eigenvalue weighted by Gasteiger charge is -2.36. The Morgan fingerprint density at radius 1 is 1.50 bits per heavy atom. The zero-order valence-corrected chi connectivity index (χ0v) is 10.7. The minimum absolute atomic E-state index is 0.0868. The van der Waals surface area contributed by atoms with E-state index in [1.807, 2.05) is 13.8 Å². The van der Waals surface area contributed by atoms with Gasteiger partial charge >= 0.3 is 0 Å². The first-order valence-corrected chi connectivity index (χ1v) is 5.45. The molecule has 1 rings (SSSR count). The third kappa shape index (κ3) is 2.70. The number of rotatable bonds is 4. The van der Waals surface area contributed by atoms with Gasteiger partial charge in [-0.15, -0.1) is 0 Å². The van der Waals surface area contributed by atoms with Crippen LogP contribution in [0.25, 0.3) is 0 Å². The third-order valence-corrected chi connectivity index (χ3v) is 3.00. The number of amidine groups is 1. The normalized spacial score (nSPS) is 12.6. The summed E-state index contributed by atoms with van der Waals surface area (Å²) in [6.45, 7) is 3.56. The van der Waals surface area contributed by atoms with Crippen molar-refractivity contribution in [1.29, 1.82) is 0 Å². The van der Waals surface area contributed by atoms with E-state index < -0.39 is 11.4 Å². The molecule has 0 atom stereocenters. The number of likely N-dealkylation sites (N-methyl/N-ethyl adjacent to an activating group) is 1. The highest BCUT2D eigenvalue weighted by Crippen LogP contribution is 2.26. The molecule has 0 aliphatic rings. The van der Waals surface area contributed by atoms with E-state index in [0.717, 1.165) is 0 Å². The zero-order valence-electron chi connectivity index (χ0n) is 10.7. The van der Waals surface area contributed by atoms with Crippen LogP contribution in [0.3, 0.4) is 0 Å². The maximum atomic E-state index is 13.2. The second kappa shape index (κ2) is 5.22. The third-order valence-electron chi connectivity index (χ3n) is 3.00. The number of hydrogen-bond donors (Lipinski definition) is 3. The van der Waals surface area contributed by atoms with Crippen molar-refractivity contribution in [3.05, 3.63) is 29.6 Å². The molecule has 0 bridgehead atoms. The molecule has 6 heteroatoms. The van der Waals surface area contributed by atoms with Gasteiger partial charge in [0.15, 0.2) is 5.84 Å². The summed E-state index contributed by atoms with van der Waals surface area (Å²) in [7, 11) is 1.75. The number of aliphatic hydroxyl groups excluding tert-OH is 1. The van der Waals surface area contributed by atoms with E-state index >= 15 is 0 Å². The van der Waals surface area contributed by atoms with Gasteiger partial charge < -0.3 is 20.9 Å². The molecule has 0 fully saturated rings. The first-order chi connectivity index (χ1) is 8.33. The first kappa shape index (κ1) is 14.2. The van der Waals surface area contributed by atoms with Gasteiger partial charge in [-0.05, 0) is 32.0 Å². The van der Waals surface area contributed by atoms with Crippen LogP contribution in [-0.2, 0) is 0 Å². The lowest BCUT2D eigenvalue weighted by molar-refractivity contribution is 0.216. The second-order valence-corrected chi connectivity index (χ2v) is 4.68. The number of nitrogens with two attached hydrogens (primary N) is 1. The Hall–Kier alpha value is -1.82. The standard InChI is InChI=1S/C12H18FN3O2/c1-12(2,7-17)16(3)10-5-4-8(13)6-9(10)11(14)15-18/h4-6,17-18H,7H2,1-3H3,(H2,14,15). The molecule has 0 radical (unpaired) electrons. The van der Waals surface area contributed by atoms with E-state index in [0.29, 0.717) is 5.69 Å². The molecular formula is C12H18FN3O2. The van der Waals surface area contributed by atoms with Gasteiger partial charge in [0, 0.05) is 18.3 Å². The van der Waals surface area contributed by atoms with Crippen molar-refractivity contribution in [1.82, 2.24) is 0 Å². The summed E-state index contributed by atoms with van der Waals surface area (Å²) in [5.74, 6) is -0.652. The fourth-order valence-electron chi connectivity index (χ4n) is 1.49. The fourth-order valence-corrected chi connectivity index (χ4v) is 1.49. The lowest BCUT2D eigenvalue weighted by atomic mass is 10.0. The zero-order chi connectivity index (χ0) is 13.9. The van der Waals surface area contributed by atoms with E-state index in [4.69, 9.17) is 10.9 Å². The summed E-state index contributed by atoms with van der Waals surface area (Å²) >= 11 is 0. The maximum Gasteiger partial charge on any atom is 0.172 e. The molecular weight excluding hydrogens is 237 g/mol. The highest BCUT2D eigenvalue weighted by molar-refractivity contribution is 6.02. The van der Waals surface area contributed by atoms with Crippen molar-refractivity contribution in [2.75, 3.05) is 18.6 Å². The number of hydrogen-bond acceptors (Lipinski definition) is 4. The Morgan fingerprint density at radius 2 is 2.11 bits per heavy atom. The van der Waals surface area contributed by atoms with Crippen LogP contribution in [0.1, 0.15) is 19.4 Å². The van der Waals surface area contributed by atoms with E-state index in [9.17, 15) is 9.50 Å². The van der Waals surface area contributed by atoms with Crippen LogP contribution < -0.4 is 10.6 Å². The van der Waals surface area contributed by atoms with E-state index in [2.05, 4.69) is 5.16 Å². The minimum Gasteiger partial charge on any atom is -0.409 e. The summed E-state index contributed by atoms with van der Waals surface area (Å²) in [4.78, 5) is 1.75. The van der Waals surface area contributed by atoms with Gasteiger partial charge in [0.1, 0.15) is 5.82 Å². The molecule has 0 aliphatic heterocycles. The molecule has 5 nitrogen and oxygen atoms in total. The smallest absolute Gasteiger partial charge is 0.172 e. The van der Waals surface area contributed by atoms with E-state index in [1.165, 1.54) is 18.2 Å². The van der Waals surface area contributed by atoms with Crippen molar-refractivity contribution >= 4 is 11.5 Å². The highest BCUT2D eigenvalue weighted by atomic mass is 19.1. The largest absolute Gasteiger partial charge is 0.409 e. The summed E-state index contributed by atoms with van der Waals surface area (Å²) in [5.41, 5.74) is 5.83. The number of oxime groups is 1. The molecule has 0 amide bonds. The fraction of sp³-hybridized carbons (Fsp3) is 0.417. The Kier molecular flexibility index (Phi) is 4.13. The number of nitrogens with zero attached hydrogens (tertiary/aromatic N) is 2. The van der Waals surface area contributed by atoms with Gasteiger partial charge in [0.05, 0.1) is 12.1 Å². The Labute approximate surface area is 105 Å². The summed E-state index contributed by atoms with van der Waals surface area (Å²) in [6, 6.07) is 4.00. The molecule has 18 heavy (non-hydrogen) atoms. The first-order valence-electron chi connectivity index (χ1n) is 5.45. The maximum absolute atomic E-state index is 13.2. The monoisotopic (exact) mass is 255 g/mol. The van der Waals surface area contributed by atoms with Crippen molar-refractivity contribution in [3.8, 4) is 0 Å². The lowest BCUT2D eigenvalue weighted by Crippen LogP contribution is -2.45. The quantitative estimate of drug-likeness (QED) is 0.326.